The molecule has 23 heavy (non-hydrogen) atoms. The molecular formula is C20H32Cl2Zr. The molecule has 0 bridgehead atoms. The Morgan fingerprint density at radius 1 is 0.739 bits per heavy atom. The summed E-state index contributed by atoms with van der Waals surface area (Å²) >= 11 is 0. The first-order valence-corrected chi connectivity index (χ1v) is 7.68. The molecule has 0 saturated heterocycles. The minimum atomic E-state index is 0. The third-order valence-electron chi connectivity index (χ3n) is 2.97. The molecule has 2 rings (SSSR count). The topological polar surface area (TPSA) is 0 Å². The average molecular weight is 435 g/mol. The molecule has 0 heterocycles. The van der Waals surface area contributed by atoms with Crippen molar-refractivity contribution in [1.82, 2.24) is 0 Å². The monoisotopic (exact) mass is 432 g/mol. The molecule has 0 unspecified atom stereocenters. The molecule has 0 N–H and O–H groups in total. The van der Waals surface area contributed by atoms with Gasteiger partial charge in [0, 0.05) is 0 Å². The summed E-state index contributed by atoms with van der Waals surface area (Å²) in [7, 11) is 0. The Kier molecular flexibility index (Phi) is 15.6. The van der Waals surface area contributed by atoms with E-state index in [0.717, 1.165) is 25.7 Å². The van der Waals surface area contributed by atoms with Crippen LogP contribution in [0, 0.1) is 23.0 Å². The average Bonchev–Trinajstić information content (AvgIpc) is 2.87. The predicted octanol–water partition coefficient (Wildman–Crippen LogP) is 7.07. The molecule has 0 aromatic rings. The first-order chi connectivity index (χ1) is 9.16. The van der Waals surface area contributed by atoms with Crippen LogP contribution in [0.2, 0.25) is 0 Å². The Morgan fingerprint density at radius 3 is 1.22 bits per heavy atom. The molecule has 0 saturated carbocycles. The molecule has 0 aromatic carbocycles. The molecule has 0 aromatic heterocycles. The fraction of sp³-hybridized carbons (Fsp3) is 0.600. The Balaban J connectivity index is -0.000000308. The van der Waals surface area contributed by atoms with Crippen molar-refractivity contribution in [2.24, 2.45) is 10.8 Å². The van der Waals surface area contributed by atoms with E-state index >= 15 is 0 Å². The summed E-state index contributed by atoms with van der Waals surface area (Å²) in [4.78, 5) is 0. The van der Waals surface area contributed by atoms with Crippen LogP contribution in [0.5, 0.6) is 0 Å². The summed E-state index contributed by atoms with van der Waals surface area (Å²) < 4.78 is 0. The summed E-state index contributed by atoms with van der Waals surface area (Å²) in [5.41, 5.74) is 3.59. The molecule has 0 atom stereocenters. The van der Waals surface area contributed by atoms with Crippen LogP contribution in [0.1, 0.15) is 67.2 Å². The van der Waals surface area contributed by atoms with Gasteiger partial charge in [-0.1, -0.05) is 54.4 Å². The van der Waals surface area contributed by atoms with Gasteiger partial charge < -0.3 is 0 Å². The van der Waals surface area contributed by atoms with Gasteiger partial charge in [0.2, 0.25) is 0 Å². The minimum absolute atomic E-state index is 0. The molecule has 130 valence electrons. The fourth-order valence-corrected chi connectivity index (χ4v) is 2.29. The zero-order valence-electron chi connectivity index (χ0n) is 15.5. The summed E-state index contributed by atoms with van der Waals surface area (Å²) in [5, 5.41) is 0. The predicted molar refractivity (Wildman–Crippen MR) is 104 cm³/mol. The maximum absolute atomic E-state index is 3.32. The number of allylic oxidation sites excluding steroid dienone is 8. The Bertz CT molecular complexity index is 388. The van der Waals surface area contributed by atoms with Crippen molar-refractivity contribution in [3.8, 4) is 0 Å². The maximum atomic E-state index is 3.32. The third-order valence-corrected chi connectivity index (χ3v) is 2.97. The summed E-state index contributed by atoms with van der Waals surface area (Å²) in [6.07, 6.45) is 19.7. The normalized spacial score (nSPS) is 15.4. The van der Waals surface area contributed by atoms with Crippen molar-refractivity contribution in [2.45, 2.75) is 67.2 Å². The summed E-state index contributed by atoms with van der Waals surface area (Å²) in [6.45, 7) is 13.5. The van der Waals surface area contributed by atoms with E-state index in [-0.39, 0.29) is 51.0 Å². The van der Waals surface area contributed by atoms with E-state index in [4.69, 9.17) is 0 Å². The second-order valence-corrected chi connectivity index (χ2v) is 8.09. The number of rotatable bonds is 2. The van der Waals surface area contributed by atoms with Gasteiger partial charge in [0.1, 0.15) is 0 Å². The third kappa shape index (κ3) is 15.7. The largest absolute Gasteiger partial charge is 2.00 e. The molecular weight excluding hydrogens is 402 g/mol. The Labute approximate surface area is 175 Å². The van der Waals surface area contributed by atoms with E-state index in [1.807, 2.05) is 0 Å². The second kappa shape index (κ2) is 12.7. The zero-order valence-corrected chi connectivity index (χ0v) is 19.5. The van der Waals surface area contributed by atoms with E-state index in [1.54, 1.807) is 0 Å². The standard InChI is InChI=1S/2C10H15.2ClH.Zr/c2*1-10(2,3)8-9-6-4-5-7-9;;;/h2*4,6H,5,8H2,1-3H3;2*1H;/q2*-1;;;+2. The van der Waals surface area contributed by atoms with Gasteiger partial charge in [-0.15, -0.1) is 37.7 Å². The first kappa shape index (κ1) is 28.2. The van der Waals surface area contributed by atoms with Crippen molar-refractivity contribution in [2.75, 3.05) is 0 Å². The minimum Gasteiger partial charge on any atom is -0.269 e. The molecule has 2 aliphatic rings. The fourth-order valence-electron chi connectivity index (χ4n) is 2.29. The number of hydrogen-bond donors (Lipinski definition) is 0. The summed E-state index contributed by atoms with van der Waals surface area (Å²) in [6, 6.07) is 0. The SMILES string of the molecule is CC(C)(C)CC1=[C-]CC=C1.CC(C)(C)CC1=[C-]CC=C1.Cl.Cl.[Zr+2]. The van der Waals surface area contributed by atoms with Gasteiger partial charge in [-0.3, -0.25) is 12.2 Å². The van der Waals surface area contributed by atoms with Gasteiger partial charge in [0.05, 0.1) is 0 Å². The quantitative estimate of drug-likeness (QED) is 0.408. The van der Waals surface area contributed by atoms with Crippen LogP contribution in [-0.4, -0.2) is 0 Å². The van der Waals surface area contributed by atoms with Gasteiger partial charge in [-0.2, -0.15) is 12.2 Å². The molecule has 0 amide bonds. The van der Waals surface area contributed by atoms with Crippen molar-refractivity contribution < 1.29 is 26.2 Å². The number of hydrogen-bond acceptors (Lipinski definition) is 0. The van der Waals surface area contributed by atoms with E-state index in [0.29, 0.717) is 10.8 Å². The van der Waals surface area contributed by atoms with Crippen LogP contribution in [0.3, 0.4) is 0 Å². The van der Waals surface area contributed by atoms with Crippen LogP contribution in [0.25, 0.3) is 0 Å². The van der Waals surface area contributed by atoms with Crippen LogP contribution in [0.4, 0.5) is 0 Å². The van der Waals surface area contributed by atoms with Crippen molar-refractivity contribution in [3.05, 3.63) is 47.6 Å². The van der Waals surface area contributed by atoms with Crippen LogP contribution in [0.15, 0.2) is 35.5 Å². The zero-order chi connectivity index (χ0) is 15.2. The Morgan fingerprint density at radius 2 is 1.04 bits per heavy atom. The van der Waals surface area contributed by atoms with Gasteiger partial charge in [0.25, 0.3) is 0 Å². The smallest absolute Gasteiger partial charge is 0.269 e. The number of halogens is 2. The van der Waals surface area contributed by atoms with Gasteiger partial charge in [0.15, 0.2) is 0 Å². The van der Waals surface area contributed by atoms with E-state index in [1.165, 1.54) is 11.1 Å². The molecule has 0 spiro atoms. The molecule has 0 fully saturated rings. The van der Waals surface area contributed by atoms with Crippen LogP contribution >= 0.6 is 24.8 Å². The van der Waals surface area contributed by atoms with Crippen LogP contribution < -0.4 is 0 Å². The second-order valence-electron chi connectivity index (χ2n) is 8.09. The van der Waals surface area contributed by atoms with E-state index in [9.17, 15) is 0 Å². The Hall–Kier alpha value is 0.423. The van der Waals surface area contributed by atoms with Crippen molar-refractivity contribution in [3.63, 3.8) is 0 Å². The van der Waals surface area contributed by atoms with Crippen LogP contribution in [-0.2, 0) is 26.2 Å². The summed E-state index contributed by atoms with van der Waals surface area (Å²) in [5.74, 6) is 0. The molecule has 3 heteroatoms. The van der Waals surface area contributed by atoms with Gasteiger partial charge >= 0.3 is 26.2 Å². The van der Waals surface area contributed by atoms with Crippen molar-refractivity contribution in [1.29, 1.82) is 0 Å². The van der Waals surface area contributed by atoms with E-state index in [2.05, 4.69) is 78.0 Å². The van der Waals surface area contributed by atoms with Crippen molar-refractivity contribution >= 4 is 24.8 Å². The first-order valence-electron chi connectivity index (χ1n) is 7.68. The van der Waals surface area contributed by atoms with Gasteiger partial charge in [-0.25, -0.2) is 23.3 Å². The maximum Gasteiger partial charge on any atom is 2.00 e. The van der Waals surface area contributed by atoms with Gasteiger partial charge in [-0.05, 0) is 10.8 Å². The molecule has 0 aliphatic heterocycles. The molecule has 0 radical (unpaired) electrons. The van der Waals surface area contributed by atoms with E-state index < -0.39 is 0 Å². The molecule has 2 aliphatic carbocycles. The molecule has 0 nitrogen and oxygen atoms in total.